The van der Waals surface area contributed by atoms with Crippen molar-refractivity contribution in [1.82, 2.24) is 14.1 Å². The van der Waals surface area contributed by atoms with Crippen LogP contribution in [0.3, 0.4) is 0 Å². The Kier molecular flexibility index (Phi) is 5.78. The molecule has 0 aromatic carbocycles. The van der Waals surface area contributed by atoms with Gasteiger partial charge < -0.3 is 4.74 Å². The van der Waals surface area contributed by atoms with E-state index in [0.29, 0.717) is 19.7 Å². The predicted molar refractivity (Wildman–Crippen MR) is 80.5 cm³/mol. The lowest BCUT2D eigenvalue weighted by Gasteiger charge is -2.31. The monoisotopic (exact) mass is 315 g/mol. The van der Waals surface area contributed by atoms with Gasteiger partial charge in [0.1, 0.15) is 4.90 Å². The quantitative estimate of drug-likeness (QED) is 0.770. The molecule has 1 aliphatic heterocycles. The van der Waals surface area contributed by atoms with Crippen LogP contribution in [0.4, 0.5) is 0 Å². The highest BCUT2D eigenvalue weighted by atomic mass is 32.2. The molecule has 1 aliphatic rings. The fourth-order valence-corrected chi connectivity index (χ4v) is 3.99. The second-order valence-electron chi connectivity index (χ2n) is 5.44. The van der Waals surface area contributed by atoms with Gasteiger partial charge >= 0.3 is 0 Å². The van der Waals surface area contributed by atoms with Crippen molar-refractivity contribution >= 4 is 10.0 Å². The molecular weight excluding hydrogens is 290 g/mol. The lowest BCUT2D eigenvalue weighted by Crippen LogP contribution is -2.43. The summed E-state index contributed by atoms with van der Waals surface area (Å²) in [4.78, 5) is 0.284. The number of aryl methyl sites for hydroxylation is 1. The Labute approximate surface area is 127 Å². The molecule has 6 nitrogen and oxygen atoms in total. The van der Waals surface area contributed by atoms with E-state index in [-0.39, 0.29) is 11.0 Å². The average Bonchev–Trinajstić information content (AvgIpc) is 2.95. The van der Waals surface area contributed by atoms with Crippen molar-refractivity contribution in [3.05, 3.63) is 12.4 Å². The number of hydrogen-bond donors (Lipinski definition) is 0. The molecule has 2 heterocycles. The largest absolute Gasteiger partial charge is 0.377 e. The van der Waals surface area contributed by atoms with Gasteiger partial charge in [-0.1, -0.05) is 13.8 Å². The maximum absolute atomic E-state index is 12.6. The molecule has 1 unspecified atom stereocenters. The molecule has 1 aromatic rings. The van der Waals surface area contributed by atoms with E-state index in [1.807, 2.05) is 6.92 Å². The average molecular weight is 315 g/mol. The first kappa shape index (κ1) is 16.5. The fourth-order valence-electron chi connectivity index (χ4n) is 2.52. The smallest absolute Gasteiger partial charge is 0.246 e. The van der Waals surface area contributed by atoms with Crippen molar-refractivity contribution in [3.8, 4) is 0 Å². The van der Waals surface area contributed by atoms with Crippen molar-refractivity contribution in [2.24, 2.45) is 0 Å². The van der Waals surface area contributed by atoms with E-state index < -0.39 is 10.0 Å². The van der Waals surface area contributed by atoms with E-state index in [9.17, 15) is 8.42 Å². The molecule has 0 bridgehead atoms. The minimum absolute atomic E-state index is 0.0131. The van der Waals surface area contributed by atoms with Crippen LogP contribution in [0.2, 0.25) is 0 Å². The van der Waals surface area contributed by atoms with Gasteiger partial charge in [0.15, 0.2) is 0 Å². The number of rotatable bonds is 7. The van der Waals surface area contributed by atoms with Gasteiger partial charge in [-0.3, -0.25) is 4.68 Å². The van der Waals surface area contributed by atoms with Gasteiger partial charge in [-0.15, -0.1) is 0 Å². The number of piperidine rings is 1. The van der Waals surface area contributed by atoms with Crippen LogP contribution in [0, 0.1) is 0 Å². The Morgan fingerprint density at radius 3 is 2.90 bits per heavy atom. The highest BCUT2D eigenvalue weighted by Crippen LogP contribution is 2.21. The van der Waals surface area contributed by atoms with Crippen LogP contribution < -0.4 is 0 Å². The highest BCUT2D eigenvalue weighted by Gasteiger charge is 2.31. The predicted octanol–water partition coefficient (Wildman–Crippen LogP) is 1.87. The van der Waals surface area contributed by atoms with E-state index in [2.05, 4.69) is 12.0 Å². The molecule has 0 radical (unpaired) electrons. The zero-order valence-electron chi connectivity index (χ0n) is 12.9. The molecule has 1 saturated heterocycles. The van der Waals surface area contributed by atoms with Crippen molar-refractivity contribution in [2.75, 3.05) is 19.7 Å². The Morgan fingerprint density at radius 1 is 1.38 bits per heavy atom. The van der Waals surface area contributed by atoms with Gasteiger partial charge in [0.05, 0.1) is 12.3 Å². The van der Waals surface area contributed by atoms with Crippen molar-refractivity contribution < 1.29 is 13.2 Å². The lowest BCUT2D eigenvalue weighted by molar-refractivity contribution is 0.0193. The van der Waals surface area contributed by atoms with E-state index >= 15 is 0 Å². The summed E-state index contributed by atoms with van der Waals surface area (Å²) < 4.78 is 34.2. The molecule has 21 heavy (non-hydrogen) atoms. The van der Waals surface area contributed by atoms with Gasteiger partial charge in [-0.25, -0.2) is 8.42 Å². The Morgan fingerprint density at radius 2 is 2.19 bits per heavy atom. The molecule has 2 rings (SSSR count). The second-order valence-corrected chi connectivity index (χ2v) is 7.38. The van der Waals surface area contributed by atoms with Crippen molar-refractivity contribution in [3.63, 3.8) is 0 Å². The molecule has 0 amide bonds. The van der Waals surface area contributed by atoms with E-state index in [4.69, 9.17) is 4.74 Å². The summed E-state index contributed by atoms with van der Waals surface area (Å²) in [6.45, 7) is 6.52. The summed E-state index contributed by atoms with van der Waals surface area (Å²) in [6.07, 6.45) is 6.73. The van der Waals surface area contributed by atoms with Gasteiger partial charge in [-0.2, -0.15) is 9.40 Å². The first-order chi connectivity index (χ1) is 10.1. The molecule has 1 aromatic heterocycles. The lowest BCUT2D eigenvalue weighted by atomic mass is 10.1. The summed E-state index contributed by atoms with van der Waals surface area (Å²) in [6, 6.07) is 0. The standard InChI is InChI=1S/C14H25N3O3S/c1-3-7-16-12-14(10-15-16)21(18,19)17-8-5-6-13(11-17)20-9-4-2/h10,12-13H,3-9,11H2,1-2H3. The SMILES string of the molecule is CCCOC1CCCN(S(=O)(=O)c2cnn(CCC)c2)C1. The van der Waals surface area contributed by atoms with Crippen LogP contribution in [0.15, 0.2) is 17.3 Å². The van der Waals surface area contributed by atoms with Crippen LogP contribution in [0.5, 0.6) is 0 Å². The fraction of sp³-hybridized carbons (Fsp3) is 0.786. The van der Waals surface area contributed by atoms with E-state index in [1.165, 1.54) is 10.5 Å². The zero-order chi connectivity index (χ0) is 15.3. The van der Waals surface area contributed by atoms with Crippen molar-refractivity contribution in [2.45, 2.75) is 57.1 Å². The van der Waals surface area contributed by atoms with Gasteiger partial charge in [0, 0.05) is 32.4 Å². The summed E-state index contributed by atoms with van der Waals surface area (Å²) in [5.41, 5.74) is 0. The van der Waals surface area contributed by atoms with Crippen LogP contribution in [-0.4, -0.2) is 48.3 Å². The summed E-state index contributed by atoms with van der Waals surface area (Å²) in [5, 5.41) is 4.12. The Bertz CT molecular complexity index is 541. The molecule has 7 heteroatoms. The number of aromatic nitrogens is 2. The van der Waals surface area contributed by atoms with Crippen LogP contribution in [-0.2, 0) is 21.3 Å². The first-order valence-electron chi connectivity index (χ1n) is 7.72. The maximum Gasteiger partial charge on any atom is 0.246 e. The van der Waals surface area contributed by atoms with Gasteiger partial charge in [-0.05, 0) is 25.7 Å². The molecule has 0 spiro atoms. The molecule has 0 aliphatic carbocycles. The van der Waals surface area contributed by atoms with E-state index in [0.717, 1.165) is 32.2 Å². The number of ether oxygens (including phenoxy) is 1. The second kappa shape index (κ2) is 7.38. The molecule has 1 atom stereocenters. The maximum atomic E-state index is 12.6. The molecule has 0 saturated carbocycles. The first-order valence-corrected chi connectivity index (χ1v) is 9.16. The minimum Gasteiger partial charge on any atom is -0.377 e. The third kappa shape index (κ3) is 4.05. The summed E-state index contributed by atoms with van der Waals surface area (Å²) in [5.74, 6) is 0. The summed E-state index contributed by atoms with van der Waals surface area (Å²) in [7, 11) is -3.45. The number of sulfonamides is 1. The molecular formula is C14H25N3O3S. The Hall–Kier alpha value is -0.920. The number of nitrogens with zero attached hydrogens (tertiary/aromatic N) is 3. The van der Waals surface area contributed by atoms with Crippen LogP contribution in [0.25, 0.3) is 0 Å². The Balaban J connectivity index is 2.06. The normalized spacial score (nSPS) is 20.8. The van der Waals surface area contributed by atoms with Gasteiger partial charge in [0.2, 0.25) is 10.0 Å². The number of hydrogen-bond acceptors (Lipinski definition) is 4. The molecule has 1 fully saturated rings. The van der Waals surface area contributed by atoms with Crippen LogP contribution >= 0.6 is 0 Å². The van der Waals surface area contributed by atoms with Crippen molar-refractivity contribution in [1.29, 1.82) is 0 Å². The summed E-state index contributed by atoms with van der Waals surface area (Å²) >= 11 is 0. The van der Waals surface area contributed by atoms with Crippen LogP contribution in [0.1, 0.15) is 39.5 Å². The zero-order valence-corrected chi connectivity index (χ0v) is 13.7. The topological polar surface area (TPSA) is 64.4 Å². The highest BCUT2D eigenvalue weighted by molar-refractivity contribution is 7.89. The molecule has 0 N–H and O–H groups in total. The third-order valence-electron chi connectivity index (χ3n) is 3.60. The molecule has 120 valence electrons. The minimum atomic E-state index is -3.45. The third-order valence-corrected chi connectivity index (χ3v) is 5.42. The van der Waals surface area contributed by atoms with Gasteiger partial charge in [0.25, 0.3) is 0 Å². The van der Waals surface area contributed by atoms with E-state index in [1.54, 1.807) is 10.9 Å².